The van der Waals surface area contributed by atoms with Crippen LogP contribution in [0.1, 0.15) is 61.1 Å². The number of hydrogen-bond acceptors (Lipinski definition) is 5. The largest absolute Gasteiger partial charge is 0.369 e. The Morgan fingerprint density at radius 1 is 1.15 bits per heavy atom. The van der Waals surface area contributed by atoms with Crippen molar-refractivity contribution in [3.05, 3.63) is 76.4 Å². The minimum atomic E-state index is -0.815. The number of aromatic nitrogens is 1. The molecule has 168 valence electrons. The van der Waals surface area contributed by atoms with Gasteiger partial charge in [-0.1, -0.05) is 44.0 Å². The zero-order chi connectivity index (χ0) is 23.8. The van der Waals surface area contributed by atoms with Crippen molar-refractivity contribution in [1.29, 1.82) is 0 Å². The van der Waals surface area contributed by atoms with Crippen LogP contribution in [0.2, 0.25) is 0 Å². The van der Waals surface area contributed by atoms with Crippen LogP contribution in [-0.2, 0) is 10.3 Å². The number of guanidine groups is 1. The summed E-state index contributed by atoms with van der Waals surface area (Å²) >= 11 is 1.61. The Balaban J connectivity index is 1.80. The predicted molar refractivity (Wildman–Crippen MR) is 135 cm³/mol. The molecule has 2 aromatic heterocycles. The SMILES string of the molecule is CC#Cc1cncc(-c2ccc([C@@]3(C)N=C(N)N(C)C(=O)C3c3ccc(C(C)C)cc3)s2)c1. The van der Waals surface area contributed by atoms with Crippen LogP contribution >= 0.6 is 11.3 Å². The summed E-state index contributed by atoms with van der Waals surface area (Å²) in [5.74, 6) is 6.09. The molecule has 6 heteroatoms. The molecule has 1 aromatic carbocycles. The average Bonchev–Trinajstić information content (AvgIpc) is 3.30. The summed E-state index contributed by atoms with van der Waals surface area (Å²) in [4.78, 5) is 26.2. The maximum atomic E-state index is 13.5. The molecule has 1 amide bonds. The summed E-state index contributed by atoms with van der Waals surface area (Å²) in [7, 11) is 1.68. The number of rotatable bonds is 4. The van der Waals surface area contributed by atoms with Crippen LogP contribution in [0.25, 0.3) is 10.4 Å². The first kappa shape index (κ1) is 22.8. The van der Waals surface area contributed by atoms with E-state index in [1.807, 2.05) is 44.3 Å². The molecule has 3 heterocycles. The predicted octanol–water partition coefficient (Wildman–Crippen LogP) is 5.09. The van der Waals surface area contributed by atoms with Crippen molar-refractivity contribution >= 4 is 23.2 Å². The number of nitrogens with two attached hydrogens (primary N) is 1. The fourth-order valence-corrected chi connectivity index (χ4v) is 5.32. The van der Waals surface area contributed by atoms with Crippen molar-refractivity contribution < 1.29 is 4.79 Å². The van der Waals surface area contributed by atoms with Crippen LogP contribution in [-0.4, -0.2) is 28.8 Å². The first-order valence-electron chi connectivity index (χ1n) is 11.0. The van der Waals surface area contributed by atoms with Gasteiger partial charge in [-0.05, 0) is 49.1 Å². The molecule has 1 aliphatic heterocycles. The maximum absolute atomic E-state index is 13.5. The summed E-state index contributed by atoms with van der Waals surface area (Å²) in [5.41, 5.74) is 9.41. The van der Waals surface area contributed by atoms with Crippen LogP contribution in [0.3, 0.4) is 0 Å². The number of carbonyl (C=O) groups is 1. The van der Waals surface area contributed by atoms with E-state index in [4.69, 9.17) is 10.7 Å². The summed E-state index contributed by atoms with van der Waals surface area (Å²) in [6.45, 7) is 8.13. The number of hydrogen-bond donors (Lipinski definition) is 1. The van der Waals surface area contributed by atoms with Gasteiger partial charge in [0.2, 0.25) is 5.91 Å². The van der Waals surface area contributed by atoms with Crippen molar-refractivity contribution in [3.8, 4) is 22.3 Å². The Labute approximate surface area is 199 Å². The summed E-state index contributed by atoms with van der Waals surface area (Å²) in [6.07, 6.45) is 3.59. The van der Waals surface area contributed by atoms with E-state index >= 15 is 0 Å². The zero-order valence-electron chi connectivity index (χ0n) is 19.6. The van der Waals surface area contributed by atoms with Crippen molar-refractivity contribution in [2.24, 2.45) is 10.7 Å². The molecule has 1 aliphatic rings. The highest BCUT2D eigenvalue weighted by molar-refractivity contribution is 7.15. The molecule has 0 saturated carbocycles. The highest BCUT2D eigenvalue weighted by atomic mass is 32.1. The molecular formula is C27H28N4OS. The molecule has 5 nitrogen and oxygen atoms in total. The molecule has 2 atom stereocenters. The van der Waals surface area contributed by atoms with Crippen molar-refractivity contribution in [1.82, 2.24) is 9.88 Å². The van der Waals surface area contributed by atoms with Crippen LogP contribution in [0.15, 0.2) is 59.9 Å². The van der Waals surface area contributed by atoms with E-state index in [-0.39, 0.29) is 11.9 Å². The standard InChI is InChI=1S/C27H28N4OS/c1-6-7-18-14-21(16-29-15-18)22-12-13-23(33-22)27(4)24(25(32)31(5)26(28)30-27)20-10-8-19(9-11-20)17(2)3/h8-17,24H,1-5H3,(H2,28,30)/t24?,27-/m1/s1. The summed E-state index contributed by atoms with van der Waals surface area (Å²) in [5, 5.41) is 0. The smallest absolute Gasteiger partial charge is 0.239 e. The lowest BCUT2D eigenvalue weighted by Gasteiger charge is -2.40. The van der Waals surface area contributed by atoms with E-state index in [1.165, 1.54) is 10.5 Å². The van der Waals surface area contributed by atoms with Crippen LogP contribution in [0.4, 0.5) is 0 Å². The van der Waals surface area contributed by atoms with Gasteiger partial charge in [-0.25, -0.2) is 4.99 Å². The lowest BCUT2D eigenvalue weighted by atomic mass is 9.77. The van der Waals surface area contributed by atoms with Gasteiger partial charge in [0, 0.05) is 40.3 Å². The molecule has 2 N–H and O–H groups in total. The van der Waals surface area contributed by atoms with Crippen LogP contribution < -0.4 is 5.73 Å². The Hall–Kier alpha value is -3.43. The Kier molecular flexibility index (Phi) is 6.09. The fraction of sp³-hybridized carbons (Fsp3) is 0.296. The number of nitrogens with zero attached hydrogens (tertiary/aromatic N) is 3. The molecule has 3 aromatic rings. The normalized spacial score (nSPS) is 20.4. The number of benzene rings is 1. The summed E-state index contributed by atoms with van der Waals surface area (Å²) < 4.78 is 0. The number of thiophene rings is 1. The quantitative estimate of drug-likeness (QED) is 0.556. The molecule has 4 rings (SSSR count). The number of pyridine rings is 1. The second-order valence-corrected chi connectivity index (χ2v) is 9.85. The lowest BCUT2D eigenvalue weighted by molar-refractivity contribution is -0.130. The molecule has 0 fully saturated rings. The number of amides is 1. The highest BCUT2D eigenvalue weighted by Crippen LogP contribution is 2.47. The van der Waals surface area contributed by atoms with Gasteiger partial charge in [-0.3, -0.25) is 14.7 Å². The number of aliphatic imine (C=N–C) groups is 1. The molecule has 0 aliphatic carbocycles. The Morgan fingerprint density at radius 3 is 2.55 bits per heavy atom. The molecule has 33 heavy (non-hydrogen) atoms. The second kappa shape index (κ2) is 8.84. The molecule has 0 radical (unpaired) electrons. The minimum Gasteiger partial charge on any atom is -0.369 e. The molecule has 0 spiro atoms. The van der Waals surface area contributed by atoms with Crippen LogP contribution in [0.5, 0.6) is 0 Å². The first-order chi connectivity index (χ1) is 15.7. The molecule has 1 unspecified atom stereocenters. The minimum absolute atomic E-state index is 0.0564. The monoisotopic (exact) mass is 456 g/mol. The van der Waals surface area contributed by atoms with E-state index < -0.39 is 11.5 Å². The van der Waals surface area contributed by atoms with Gasteiger partial charge in [0.25, 0.3) is 0 Å². The van der Waals surface area contributed by atoms with Crippen molar-refractivity contribution in [2.75, 3.05) is 7.05 Å². The van der Waals surface area contributed by atoms with Gasteiger partial charge < -0.3 is 5.73 Å². The van der Waals surface area contributed by atoms with Crippen molar-refractivity contribution in [3.63, 3.8) is 0 Å². The van der Waals surface area contributed by atoms with Gasteiger partial charge in [0.15, 0.2) is 5.96 Å². The third-order valence-corrected chi connectivity index (χ3v) is 7.52. The highest BCUT2D eigenvalue weighted by Gasteiger charge is 2.48. The average molecular weight is 457 g/mol. The van der Waals surface area contributed by atoms with Gasteiger partial charge >= 0.3 is 0 Å². The third kappa shape index (κ3) is 4.17. The van der Waals surface area contributed by atoms with Gasteiger partial charge in [0.1, 0.15) is 5.54 Å². The second-order valence-electron chi connectivity index (χ2n) is 8.77. The van der Waals surface area contributed by atoms with Gasteiger partial charge in [-0.15, -0.1) is 17.3 Å². The third-order valence-electron chi connectivity index (χ3n) is 6.16. The van der Waals surface area contributed by atoms with Gasteiger partial charge in [0.05, 0.1) is 5.92 Å². The lowest BCUT2D eigenvalue weighted by Crippen LogP contribution is -2.52. The topological polar surface area (TPSA) is 71.6 Å². The molecule has 0 bridgehead atoms. The zero-order valence-corrected chi connectivity index (χ0v) is 20.4. The van der Waals surface area contributed by atoms with E-state index in [9.17, 15) is 4.79 Å². The molecule has 0 saturated heterocycles. The molecular weight excluding hydrogens is 428 g/mol. The maximum Gasteiger partial charge on any atom is 0.239 e. The first-order valence-corrected chi connectivity index (χ1v) is 11.8. The van der Waals surface area contributed by atoms with Crippen molar-refractivity contribution in [2.45, 2.75) is 45.1 Å². The van der Waals surface area contributed by atoms with E-state index in [2.05, 4.69) is 48.9 Å². The van der Waals surface area contributed by atoms with E-state index in [0.29, 0.717) is 5.92 Å². The number of carbonyl (C=O) groups excluding carboxylic acids is 1. The Morgan fingerprint density at radius 2 is 1.88 bits per heavy atom. The van der Waals surface area contributed by atoms with E-state index in [0.717, 1.165) is 26.4 Å². The fourth-order valence-electron chi connectivity index (χ4n) is 4.21. The Bertz CT molecular complexity index is 1280. The van der Waals surface area contributed by atoms with Crippen LogP contribution in [0, 0.1) is 11.8 Å². The number of likely N-dealkylation sites (N-methyl/N-ethyl adjacent to an activating group) is 1. The van der Waals surface area contributed by atoms with E-state index in [1.54, 1.807) is 24.6 Å². The summed E-state index contributed by atoms with van der Waals surface area (Å²) in [6, 6.07) is 14.4. The van der Waals surface area contributed by atoms with Gasteiger partial charge in [-0.2, -0.15) is 0 Å².